The van der Waals surface area contributed by atoms with Gasteiger partial charge in [0.25, 0.3) is 0 Å². The largest absolute Gasteiger partial charge is 0.508 e. The quantitative estimate of drug-likeness (QED) is 0.768. The number of halogens is 2. The number of benzene rings is 1. The van der Waals surface area contributed by atoms with Crippen molar-refractivity contribution in [2.24, 2.45) is 0 Å². The lowest BCUT2D eigenvalue weighted by atomic mass is 10.1. The van der Waals surface area contributed by atoms with Gasteiger partial charge in [-0.2, -0.15) is 0 Å². The van der Waals surface area contributed by atoms with Crippen molar-refractivity contribution >= 4 is 23.6 Å². The Labute approximate surface area is 81.5 Å². The second-order valence-corrected chi connectivity index (χ2v) is 3.43. The molecule has 0 saturated carbocycles. The molecule has 0 saturated heterocycles. The van der Waals surface area contributed by atoms with Gasteiger partial charge in [-0.05, 0) is 47.7 Å². The Balaban J connectivity index is 2.48. The van der Waals surface area contributed by atoms with Crippen LogP contribution in [-0.2, 0) is 6.42 Å². The summed E-state index contributed by atoms with van der Waals surface area (Å²) in [4.78, 5) is 0. The maximum Gasteiger partial charge on any atom is 0.115 e. The summed E-state index contributed by atoms with van der Waals surface area (Å²) in [5.74, 6) is 0.271. The van der Waals surface area contributed by atoms with Crippen LogP contribution in [-0.4, -0.2) is 15.6 Å². The standard InChI is InChI=1S/C8H9Cl2NO/c9-11(10)6-5-7-1-3-8(12)4-2-7/h1-4,12H,5-6H2. The van der Waals surface area contributed by atoms with Crippen LogP contribution in [0.5, 0.6) is 5.75 Å². The van der Waals surface area contributed by atoms with E-state index in [2.05, 4.69) is 0 Å². The molecular weight excluding hydrogens is 197 g/mol. The van der Waals surface area contributed by atoms with E-state index in [1.807, 2.05) is 12.1 Å². The summed E-state index contributed by atoms with van der Waals surface area (Å²) in [6.45, 7) is 0.577. The Morgan fingerprint density at radius 1 is 1.17 bits per heavy atom. The van der Waals surface area contributed by atoms with E-state index in [9.17, 15) is 0 Å². The molecule has 1 N–H and O–H groups in total. The van der Waals surface area contributed by atoms with E-state index in [1.54, 1.807) is 12.1 Å². The maximum absolute atomic E-state index is 8.97. The van der Waals surface area contributed by atoms with Crippen molar-refractivity contribution in [1.29, 1.82) is 0 Å². The van der Waals surface area contributed by atoms with Crippen LogP contribution in [0.3, 0.4) is 0 Å². The number of nitrogens with zero attached hydrogens (tertiary/aromatic N) is 1. The Hall–Kier alpha value is -0.440. The predicted octanol–water partition coefficient (Wildman–Crippen LogP) is 2.54. The molecule has 1 aromatic carbocycles. The van der Waals surface area contributed by atoms with E-state index < -0.39 is 0 Å². The van der Waals surface area contributed by atoms with Crippen LogP contribution in [0.1, 0.15) is 5.56 Å². The van der Waals surface area contributed by atoms with Gasteiger partial charge in [0.05, 0.1) is 0 Å². The first-order valence-corrected chi connectivity index (χ1v) is 4.23. The molecule has 0 atom stereocenters. The molecule has 0 unspecified atom stereocenters. The number of hydrogen-bond acceptors (Lipinski definition) is 2. The summed E-state index contributed by atoms with van der Waals surface area (Å²) >= 11 is 10.8. The van der Waals surface area contributed by atoms with Crippen molar-refractivity contribution in [3.63, 3.8) is 0 Å². The summed E-state index contributed by atoms with van der Waals surface area (Å²) in [5.41, 5.74) is 1.10. The highest BCUT2D eigenvalue weighted by atomic mass is 35.5. The molecule has 0 bridgehead atoms. The van der Waals surface area contributed by atoms with Gasteiger partial charge in [0, 0.05) is 6.54 Å². The molecule has 0 heterocycles. The number of aromatic hydroxyl groups is 1. The number of phenolic OH excluding ortho intramolecular Hbond substituents is 1. The summed E-state index contributed by atoms with van der Waals surface area (Å²) in [6.07, 6.45) is 0.771. The van der Waals surface area contributed by atoms with Gasteiger partial charge in [-0.1, -0.05) is 12.1 Å². The molecule has 1 aromatic rings. The van der Waals surface area contributed by atoms with E-state index in [-0.39, 0.29) is 5.75 Å². The fraction of sp³-hybridized carbons (Fsp3) is 0.250. The molecule has 0 aromatic heterocycles. The Morgan fingerprint density at radius 3 is 2.25 bits per heavy atom. The van der Waals surface area contributed by atoms with Crippen LogP contribution in [0, 0.1) is 0 Å². The van der Waals surface area contributed by atoms with Crippen LogP contribution in [0.25, 0.3) is 0 Å². The lowest BCUT2D eigenvalue weighted by molar-refractivity contribution is 0.475. The van der Waals surface area contributed by atoms with Crippen molar-refractivity contribution in [2.45, 2.75) is 6.42 Å². The van der Waals surface area contributed by atoms with Crippen molar-refractivity contribution in [1.82, 2.24) is 3.94 Å². The Morgan fingerprint density at radius 2 is 1.75 bits per heavy atom. The Kier molecular flexibility index (Phi) is 3.66. The number of rotatable bonds is 3. The first-order valence-electron chi connectivity index (χ1n) is 3.55. The van der Waals surface area contributed by atoms with Crippen molar-refractivity contribution in [2.75, 3.05) is 6.54 Å². The monoisotopic (exact) mass is 205 g/mol. The minimum absolute atomic E-state index is 0.271. The smallest absolute Gasteiger partial charge is 0.115 e. The maximum atomic E-state index is 8.97. The molecule has 0 fully saturated rings. The third kappa shape index (κ3) is 3.30. The van der Waals surface area contributed by atoms with Gasteiger partial charge in [-0.3, -0.25) is 0 Å². The zero-order valence-electron chi connectivity index (χ0n) is 6.37. The lowest BCUT2D eigenvalue weighted by Crippen LogP contribution is -2.03. The first-order chi connectivity index (χ1) is 5.68. The number of phenols is 1. The molecule has 2 nitrogen and oxygen atoms in total. The zero-order valence-corrected chi connectivity index (χ0v) is 7.89. The topological polar surface area (TPSA) is 23.5 Å². The number of hydrogen-bond donors (Lipinski definition) is 1. The minimum Gasteiger partial charge on any atom is -0.508 e. The molecule has 0 aliphatic rings. The predicted molar refractivity (Wildman–Crippen MR) is 50.2 cm³/mol. The SMILES string of the molecule is Oc1ccc(CCN(Cl)Cl)cc1. The van der Waals surface area contributed by atoms with Gasteiger partial charge in [-0.15, -0.1) is 3.94 Å². The molecule has 4 heteroatoms. The van der Waals surface area contributed by atoms with E-state index in [1.165, 1.54) is 0 Å². The summed E-state index contributed by atoms with van der Waals surface area (Å²) in [6, 6.07) is 6.96. The second-order valence-electron chi connectivity index (χ2n) is 2.44. The highest BCUT2D eigenvalue weighted by Crippen LogP contribution is 2.11. The van der Waals surface area contributed by atoms with Gasteiger partial charge < -0.3 is 5.11 Å². The van der Waals surface area contributed by atoms with Crippen LogP contribution in [0.15, 0.2) is 24.3 Å². The van der Waals surface area contributed by atoms with Crippen LogP contribution in [0.2, 0.25) is 0 Å². The van der Waals surface area contributed by atoms with Crippen molar-refractivity contribution in [3.8, 4) is 5.75 Å². The van der Waals surface area contributed by atoms with Crippen LogP contribution < -0.4 is 0 Å². The molecule has 66 valence electrons. The molecule has 0 aliphatic heterocycles. The van der Waals surface area contributed by atoms with Gasteiger partial charge in [0.1, 0.15) is 5.75 Å². The molecule has 1 rings (SSSR count). The van der Waals surface area contributed by atoms with Gasteiger partial charge in [0.2, 0.25) is 0 Å². The fourth-order valence-corrected chi connectivity index (χ4v) is 1.05. The molecule has 12 heavy (non-hydrogen) atoms. The van der Waals surface area contributed by atoms with Gasteiger partial charge >= 0.3 is 0 Å². The molecule has 0 spiro atoms. The Bertz CT molecular complexity index is 235. The van der Waals surface area contributed by atoms with Gasteiger partial charge in [-0.25, -0.2) is 0 Å². The summed E-state index contributed by atoms with van der Waals surface area (Å²) < 4.78 is 1.09. The van der Waals surface area contributed by atoms with Crippen LogP contribution in [0.4, 0.5) is 0 Å². The first kappa shape index (κ1) is 9.65. The highest BCUT2D eigenvalue weighted by molar-refractivity contribution is 6.33. The van der Waals surface area contributed by atoms with Gasteiger partial charge in [0.15, 0.2) is 0 Å². The van der Waals surface area contributed by atoms with Crippen molar-refractivity contribution < 1.29 is 5.11 Å². The lowest BCUT2D eigenvalue weighted by Gasteiger charge is -2.03. The summed E-state index contributed by atoms with van der Waals surface area (Å²) in [7, 11) is 0. The third-order valence-corrected chi connectivity index (χ3v) is 1.84. The average molecular weight is 206 g/mol. The van der Waals surface area contributed by atoms with Crippen molar-refractivity contribution in [3.05, 3.63) is 29.8 Å². The molecule has 0 aliphatic carbocycles. The highest BCUT2D eigenvalue weighted by Gasteiger charge is 1.97. The minimum atomic E-state index is 0.271. The van der Waals surface area contributed by atoms with E-state index in [0.29, 0.717) is 6.54 Å². The third-order valence-electron chi connectivity index (χ3n) is 1.51. The zero-order chi connectivity index (χ0) is 8.97. The van der Waals surface area contributed by atoms with E-state index in [0.717, 1.165) is 15.9 Å². The normalized spacial score (nSPS) is 10.6. The van der Waals surface area contributed by atoms with Crippen LogP contribution >= 0.6 is 23.6 Å². The fourth-order valence-electron chi connectivity index (χ4n) is 0.876. The molecular formula is C8H9Cl2NO. The molecule has 0 amide bonds. The van der Waals surface area contributed by atoms with E-state index in [4.69, 9.17) is 28.7 Å². The van der Waals surface area contributed by atoms with E-state index >= 15 is 0 Å². The summed E-state index contributed by atoms with van der Waals surface area (Å²) in [5, 5.41) is 8.97. The second kappa shape index (κ2) is 4.55. The average Bonchev–Trinajstić information content (AvgIpc) is 2.03. The molecule has 0 radical (unpaired) electrons.